The van der Waals surface area contributed by atoms with E-state index in [1.54, 1.807) is 17.7 Å². The summed E-state index contributed by atoms with van der Waals surface area (Å²) in [6, 6.07) is 9.87. The number of nitrogens with zero attached hydrogens (tertiary/aromatic N) is 3. The Hall–Kier alpha value is -2.80. The molecule has 7 nitrogen and oxygen atoms in total. The molecule has 0 spiro atoms. The number of hydrogen-bond acceptors (Lipinski definition) is 6. The number of nitrogens with two attached hydrogens (primary N) is 2. The molecule has 1 fully saturated rings. The molecule has 2 aromatic heterocycles. The zero-order valence-electron chi connectivity index (χ0n) is 14.9. The van der Waals surface area contributed by atoms with Gasteiger partial charge < -0.3 is 21.5 Å². The standard InChI is InChI=1S/C19H24N6O/c1-26-17-5-3-2-4-14(17)22-15-10-18(21)24-25-11-16(23-19(15)25)12-6-8-13(20)9-7-12/h2-5,10-13,22H,6-9,20H2,1H3,(H2,21,24). The number of benzene rings is 1. The summed E-state index contributed by atoms with van der Waals surface area (Å²) in [5.41, 5.74) is 15.5. The number of imidazole rings is 1. The molecule has 1 aliphatic carbocycles. The van der Waals surface area contributed by atoms with Gasteiger partial charge in [-0.3, -0.25) is 0 Å². The summed E-state index contributed by atoms with van der Waals surface area (Å²) in [6.07, 6.45) is 6.20. The molecule has 5 N–H and O–H groups in total. The second-order valence-corrected chi connectivity index (χ2v) is 6.85. The van der Waals surface area contributed by atoms with Crippen LogP contribution >= 0.6 is 0 Å². The fourth-order valence-corrected chi connectivity index (χ4v) is 3.61. The van der Waals surface area contributed by atoms with Crippen LogP contribution in [0.15, 0.2) is 36.5 Å². The predicted molar refractivity (Wildman–Crippen MR) is 103 cm³/mol. The van der Waals surface area contributed by atoms with Crippen molar-refractivity contribution in [2.75, 3.05) is 18.2 Å². The number of anilines is 3. The van der Waals surface area contributed by atoms with Gasteiger partial charge in [0.25, 0.3) is 0 Å². The van der Waals surface area contributed by atoms with E-state index in [-0.39, 0.29) is 0 Å². The van der Waals surface area contributed by atoms with Gasteiger partial charge in [-0.05, 0) is 37.8 Å². The minimum absolute atomic E-state index is 0.319. The van der Waals surface area contributed by atoms with Crippen molar-refractivity contribution < 1.29 is 4.74 Å². The molecule has 3 aromatic rings. The van der Waals surface area contributed by atoms with Gasteiger partial charge in [0.2, 0.25) is 0 Å². The number of aromatic nitrogens is 3. The molecule has 0 bridgehead atoms. The van der Waals surface area contributed by atoms with Gasteiger partial charge in [0.15, 0.2) is 5.65 Å². The van der Waals surface area contributed by atoms with Crippen LogP contribution in [-0.4, -0.2) is 27.7 Å². The summed E-state index contributed by atoms with van der Waals surface area (Å²) in [5.74, 6) is 1.62. The van der Waals surface area contributed by atoms with Gasteiger partial charge in [0, 0.05) is 18.0 Å². The van der Waals surface area contributed by atoms with E-state index in [1.807, 2.05) is 30.5 Å². The average Bonchev–Trinajstić information content (AvgIpc) is 3.07. The molecule has 26 heavy (non-hydrogen) atoms. The number of ether oxygens (including phenoxy) is 1. The number of hydrogen-bond donors (Lipinski definition) is 3. The molecular formula is C19H24N6O. The maximum Gasteiger partial charge on any atom is 0.177 e. The molecule has 1 aliphatic rings. The molecule has 0 radical (unpaired) electrons. The SMILES string of the molecule is COc1ccccc1Nc1cc(N)nn2cc(C3CCC(N)CC3)nc12. The lowest BCUT2D eigenvalue weighted by Crippen LogP contribution is -2.25. The maximum absolute atomic E-state index is 6.03. The molecule has 1 saturated carbocycles. The highest BCUT2D eigenvalue weighted by molar-refractivity contribution is 5.77. The van der Waals surface area contributed by atoms with Crippen molar-refractivity contribution in [3.05, 3.63) is 42.2 Å². The third kappa shape index (κ3) is 3.17. The maximum atomic E-state index is 6.03. The Morgan fingerprint density at radius 1 is 1.15 bits per heavy atom. The van der Waals surface area contributed by atoms with Gasteiger partial charge in [-0.2, -0.15) is 0 Å². The summed E-state index contributed by atoms with van der Waals surface area (Å²) >= 11 is 0. The Morgan fingerprint density at radius 3 is 2.69 bits per heavy atom. The zero-order chi connectivity index (χ0) is 18.1. The molecule has 4 rings (SSSR count). The zero-order valence-corrected chi connectivity index (χ0v) is 14.9. The van der Waals surface area contributed by atoms with E-state index >= 15 is 0 Å². The van der Waals surface area contributed by atoms with Gasteiger partial charge in [-0.15, -0.1) is 5.10 Å². The van der Waals surface area contributed by atoms with Crippen LogP contribution in [-0.2, 0) is 0 Å². The van der Waals surface area contributed by atoms with Gasteiger partial charge in [-0.1, -0.05) is 12.1 Å². The first kappa shape index (κ1) is 16.7. The summed E-state index contributed by atoms with van der Waals surface area (Å²) in [6.45, 7) is 0. The topological polar surface area (TPSA) is 103 Å². The van der Waals surface area contributed by atoms with Crippen molar-refractivity contribution in [3.63, 3.8) is 0 Å². The van der Waals surface area contributed by atoms with Crippen LogP contribution in [0.5, 0.6) is 5.75 Å². The third-order valence-electron chi connectivity index (χ3n) is 5.03. The van der Waals surface area contributed by atoms with Crippen molar-refractivity contribution in [1.29, 1.82) is 0 Å². The van der Waals surface area contributed by atoms with Crippen LogP contribution in [0.4, 0.5) is 17.2 Å². The van der Waals surface area contributed by atoms with Crippen molar-refractivity contribution in [2.24, 2.45) is 5.73 Å². The Kier molecular flexibility index (Phi) is 4.38. The highest BCUT2D eigenvalue weighted by Crippen LogP contribution is 2.34. The van der Waals surface area contributed by atoms with Crippen molar-refractivity contribution in [2.45, 2.75) is 37.6 Å². The molecule has 136 valence electrons. The quantitative estimate of drug-likeness (QED) is 0.667. The first-order valence-corrected chi connectivity index (χ1v) is 8.95. The third-order valence-corrected chi connectivity index (χ3v) is 5.03. The van der Waals surface area contributed by atoms with Crippen LogP contribution < -0.4 is 21.5 Å². The molecule has 2 heterocycles. The minimum Gasteiger partial charge on any atom is -0.495 e. The minimum atomic E-state index is 0.319. The number of para-hydroxylation sites is 2. The fraction of sp³-hybridized carbons (Fsp3) is 0.368. The van der Waals surface area contributed by atoms with Gasteiger partial charge in [0.05, 0.1) is 30.4 Å². The van der Waals surface area contributed by atoms with E-state index in [2.05, 4.69) is 10.4 Å². The average molecular weight is 352 g/mol. The molecule has 7 heteroatoms. The lowest BCUT2D eigenvalue weighted by molar-refractivity contribution is 0.391. The molecule has 0 saturated heterocycles. The number of methoxy groups -OCH3 is 1. The number of nitrogens with one attached hydrogen (secondary N) is 1. The van der Waals surface area contributed by atoms with Gasteiger partial charge in [0.1, 0.15) is 11.6 Å². The van der Waals surface area contributed by atoms with Gasteiger partial charge in [-0.25, -0.2) is 9.50 Å². The number of fused-ring (bicyclic) bond motifs is 1. The van der Waals surface area contributed by atoms with Crippen molar-refractivity contribution >= 4 is 22.8 Å². The van der Waals surface area contributed by atoms with E-state index in [9.17, 15) is 0 Å². The van der Waals surface area contributed by atoms with E-state index in [4.69, 9.17) is 21.2 Å². The second kappa shape index (κ2) is 6.84. The molecular weight excluding hydrogens is 328 g/mol. The van der Waals surface area contributed by atoms with Crippen LogP contribution in [0.2, 0.25) is 0 Å². The van der Waals surface area contributed by atoms with Crippen LogP contribution in [0, 0.1) is 0 Å². The normalized spacial score (nSPS) is 20.2. The fourth-order valence-electron chi connectivity index (χ4n) is 3.61. The van der Waals surface area contributed by atoms with Crippen LogP contribution in [0.1, 0.15) is 37.3 Å². The molecule has 1 aromatic carbocycles. The Labute approximate surface area is 152 Å². The first-order chi connectivity index (χ1) is 12.6. The first-order valence-electron chi connectivity index (χ1n) is 8.95. The second-order valence-electron chi connectivity index (χ2n) is 6.85. The van der Waals surface area contributed by atoms with Crippen molar-refractivity contribution in [1.82, 2.24) is 14.6 Å². The molecule has 0 amide bonds. The van der Waals surface area contributed by atoms with E-state index in [1.165, 1.54) is 0 Å². The van der Waals surface area contributed by atoms with Crippen molar-refractivity contribution in [3.8, 4) is 5.75 Å². The van der Waals surface area contributed by atoms with Gasteiger partial charge >= 0.3 is 0 Å². The number of rotatable bonds is 4. The highest BCUT2D eigenvalue weighted by atomic mass is 16.5. The van der Waals surface area contributed by atoms with Crippen LogP contribution in [0.3, 0.4) is 0 Å². The lowest BCUT2D eigenvalue weighted by Gasteiger charge is -2.24. The Bertz CT molecular complexity index is 914. The molecule has 0 aliphatic heterocycles. The smallest absolute Gasteiger partial charge is 0.177 e. The monoisotopic (exact) mass is 352 g/mol. The summed E-state index contributed by atoms with van der Waals surface area (Å²) in [7, 11) is 1.65. The van der Waals surface area contributed by atoms with E-state index < -0.39 is 0 Å². The van der Waals surface area contributed by atoms with Crippen LogP contribution in [0.25, 0.3) is 5.65 Å². The molecule has 0 unspecified atom stereocenters. The van der Waals surface area contributed by atoms with E-state index in [0.717, 1.165) is 54.1 Å². The molecule has 0 atom stereocenters. The summed E-state index contributed by atoms with van der Waals surface area (Å²) < 4.78 is 7.18. The van der Waals surface area contributed by atoms with E-state index in [0.29, 0.717) is 17.8 Å². The number of nitrogen functional groups attached to an aromatic ring is 1. The largest absolute Gasteiger partial charge is 0.495 e. The predicted octanol–water partition coefficient (Wildman–Crippen LogP) is 3.05. The highest BCUT2D eigenvalue weighted by Gasteiger charge is 2.23. The Balaban J connectivity index is 1.70. The summed E-state index contributed by atoms with van der Waals surface area (Å²) in [4.78, 5) is 4.85. The Morgan fingerprint density at radius 2 is 1.92 bits per heavy atom. The summed E-state index contributed by atoms with van der Waals surface area (Å²) in [5, 5.41) is 7.77. The lowest BCUT2D eigenvalue weighted by atomic mass is 9.85.